The van der Waals surface area contributed by atoms with E-state index in [0.29, 0.717) is 33.7 Å². The number of pyridine rings is 1. The minimum absolute atomic E-state index is 0.0182. The van der Waals surface area contributed by atoms with Crippen LogP contribution in [0.1, 0.15) is 52.9 Å². The number of ether oxygens (including phenoxy) is 19. The molecule has 4 aromatic rings. The SMILES string of the molecule is C[C@@H]1O[C@H](COCCOCCOCCOCCNC(=O)CCOCC(COCCC(=O)NCCOCCOCCOCCOC[C@H]2O[C@@H](C)[C@H](NC(=O)C(F)(F)F)[C@@H](O)[C@H]2O)(COCCC(=O)NCCOCCOCCOCCOC[C@H]2O[C@@H](C)[C@H](NC(=O)C(F)(F)F)[C@@H](O)[C@H]2O)NC(=O)CCCOc2ccc3nc(-c4cn(-c5ccc(O)c(F)c5)nn4)ccc3c2)[C@H](O)[C@H](O)[C@H]1NC(=O)C(F)(F)F. The van der Waals surface area contributed by atoms with Crippen molar-refractivity contribution in [2.75, 3.05) is 224 Å². The van der Waals surface area contributed by atoms with Crippen molar-refractivity contribution in [3.63, 3.8) is 0 Å². The van der Waals surface area contributed by atoms with Crippen LogP contribution in [0, 0.1) is 5.82 Å². The lowest BCUT2D eigenvalue weighted by Crippen LogP contribution is -2.64. The number of amides is 7. The quantitative estimate of drug-likeness (QED) is 0.0182. The second kappa shape index (κ2) is 61.9. The predicted octanol–water partition coefficient (Wildman–Crippen LogP) is -1.22. The maximum atomic E-state index is 14.2. The number of fused-ring (bicyclic) bond motifs is 1. The molecule has 14 N–H and O–H groups in total. The Kier molecular flexibility index (Phi) is 52.2. The van der Waals surface area contributed by atoms with E-state index in [1.54, 1.807) is 52.5 Å². The number of hydrogen-bond acceptors (Lipinski definition) is 36. The summed E-state index contributed by atoms with van der Waals surface area (Å²) < 4.78 is 237. The van der Waals surface area contributed by atoms with Gasteiger partial charge in [-0.15, -0.1) is 5.10 Å². The summed E-state index contributed by atoms with van der Waals surface area (Å²) in [6.45, 7) is 4.49. The van der Waals surface area contributed by atoms with E-state index in [0.717, 1.165) is 6.07 Å². The van der Waals surface area contributed by atoms with Gasteiger partial charge in [-0.25, -0.2) is 14.1 Å². The van der Waals surface area contributed by atoms with Crippen LogP contribution in [-0.4, -0.2) is 437 Å². The number of phenols is 1. The molecule has 44 nitrogen and oxygen atoms in total. The first-order chi connectivity index (χ1) is 66.3. The Balaban J connectivity index is 0.847. The molecule has 0 spiro atoms. The molecular formula is C85H125F10N11O33. The lowest BCUT2D eigenvalue weighted by atomic mass is 9.93. The molecule has 15 atom stereocenters. The number of nitrogens with one attached hydrogen (secondary N) is 7. The first-order valence-electron chi connectivity index (χ1n) is 44.7. The number of hydrogen-bond donors (Lipinski definition) is 14. The molecule has 0 unspecified atom stereocenters. The minimum Gasteiger partial charge on any atom is -0.505 e. The van der Waals surface area contributed by atoms with Crippen LogP contribution in [0.2, 0.25) is 0 Å². The van der Waals surface area contributed by atoms with E-state index in [9.17, 15) is 113 Å². The summed E-state index contributed by atoms with van der Waals surface area (Å²) in [4.78, 5) is 92.5. The number of carbonyl (C=O) groups excluding carboxylic acids is 7. The van der Waals surface area contributed by atoms with Crippen molar-refractivity contribution in [2.24, 2.45) is 0 Å². The summed E-state index contributed by atoms with van der Waals surface area (Å²) >= 11 is 0. The topological polar surface area (TPSA) is 564 Å². The molecule has 0 radical (unpaired) electrons. The molecule has 788 valence electrons. The van der Waals surface area contributed by atoms with Crippen LogP contribution in [0.5, 0.6) is 11.5 Å². The number of nitrogens with zero attached hydrogens (tertiary/aromatic N) is 4. The van der Waals surface area contributed by atoms with E-state index >= 15 is 0 Å². The summed E-state index contributed by atoms with van der Waals surface area (Å²) in [6, 6.07) is 7.86. The Morgan fingerprint density at radius 2 is 0.748 bits per heavy atom. The van der Waals surface area contributed by atoms with Gasteiger partial charge in [0, 0.05) is 56.8 Å². The van der Waals surface area contributed by atoms with Crippen molar-refractivity contribution in [1.82, 2.24) is 57.2 Å². The summed E-state index contributed by atoms with van der Waals surface area (Å²) in [5.41, 5.74) is 0.209. The molecule has 2 aromatic carbocycles. The van der Waals surface area contributed by atoms with Gasteiger partial charge in [-0.05, 0) is 63.6 Å². The standard InChI is InChI=1S/C85H125F10N11O33/c1-52-70(100-79(118)83(87,88)89)76(115)73(112)63(137-52)46-130-40-37-127-34-31-124-28-25-121-22-15-96-66(108)12-19-133-49-82(103-69(111)5-4-18-136-57-8-10-59-55(43-57)6-9-60(99-59)61-45-106(105-104-61)56-7-11-62(107)58(86)44-56,50-134-20-13-67(109)97-16-23-122-26-29-125-32-35-128-38-41-131-47-64-74(113)77(116)71(53(2)138-64)101-80(119)84(90,91)92)51-135-21-14-68(110)98-17-24-123-27-30-126-33-36-129-39-42-132-48-65-75(114)78(117)72(54(3)139-65)102-81(120)85(93,94)95/h6-11,43-45,52-54,63-65,70-78,107,112-117H,4-5,12-42,46-51H2,1-3H3,(H,96,108)(H,97,109)(H,98,110)(H,100,118)(H,101,119)(H,102,120)(H,103,111)/t52-,53-,54-,63+,64+,65+,70-,71-,72-,73-,74-,75-,76+,77+,78+/m0/s1. The van der Waals surface area contributed by atoms with Crippen molar-refractivity contribution in [1.29, 1.82) is 0 Å². The Morgan fingerprint density at radius 3 is 1.10 bits per heavy atom. The van der Waals surface area contributed by atoms with Crippen LogP contribution in [0.4, 0.5) is 43.9 Å². The second-order valence-electron chi connectivity index (χ2n) is 31.8. The second-order valence-corrected chi connectivity index (χ2v) is 31.8. The molecular weight excluding hydrogens is 1890 g/mol. The normalized spacial score (nSPS) is 22.0. The predicted molar refractivity (Wildman–Crippen MR) is 457 cm³/mol. The van der Waals surface area contributed by atoms with Gasteiger partial charge in [0.1, 0.15) is 71.9 Å². The first kappa shape index (κ1) is 117. The van der Waals surface area contributed by atoms with Gasteiger partial charge in [-0.2, -0.15) is 39.5 Å². The molecule has 0 bridgehead atoms. The van der Waals surface area contributed by atoms with Gasteiger partial charge in [0.15, 0.2) is 11.6 Å². The minimum atomic E-state index is -5.21. The average molecular weight is 2020 g/mol. The van der Waals surface area contributed by atoms with E-state index < -0.39 is 168 Å². The summed E-state index contributed by atoms with van der Waals surface area (Å²) in [6.07, 6.45) is -31.4. The van der Waals surface area contributed by atoms with Crippen molar-refractivity contribution in [2.45, 2.75) is 168 Å². The summed E-state index contributed by atoms with van der Waals surface area (Å²) in [5, 5.41) is 97.0. The summed E-state index contributed by atoms with van der Waals surface area (Å²) in [5.74, 6) is -9.58. The van der Waals surface area contributed by atoms with Crippen molar-refractivity contribution in [3.05, 3.63) is 60.5 Å². The summed E-state index contributed by atoms with van der Waals surface area (Å²) in [7, 11) is 0. The number of halogens is 10. The van der Waals surface area contributed by atoms with E-state index in [4.69, 9.17) is 95.0 Å². The third-order valence-electron chi connectivity index (χ3n) is 20.9. The van der Waals surface area contributed by atoms with Crippen LogP contribution in [-0.2, 0) is 119 Å². The Bertz CT molecular complexity index is 4020. The lowest BCUT2D eigenvalue weighted by molar-refractivity contribution is -0.204. The molecule has 54 heteroatoms. The number of rotatable bonds is 68. The third-order valence-corrected chi connectivity index (χ3v) is 20.9. The number of benzene rings is 2. The number of aliphatic hydroxyl groups excluding tert-OH is 6. The van der Waals surface area contributed by atoms with Crippen LogP contribution >= 0.6 is 0 Å². The van der Waals surface area contributed by atoms with Crippen molar-refractivity contribution in [3.8, 4) is 28.6 Å². The van der Waals surface area contributed by atoms with Crippen molar-refractivity contribution >= 4 is 52.3 Å². The monoisotopic (exact) mass is 2020 g/mol. The molecule has 7 rings (SSSR count). The highest BCUT2D eigenvalue weighted by Crippen LogP contribution is 2.30. The van der Waals surface area contributed by atoms with Gasteiger partial charge >= 0.3 is 36.3 Å². The number of phenolic OH excluding ortho intramolecular Hbond substituents is 1. The maximum Gasteiger partial charge on any atom is 0.471 e. The molecule has 5 heterocycles. The highest BCUT2D eigenvalue weighted by molar-refractivity contribution is 5.84. The number of aromatic nitrogens is 4. The Hall–Kier alpha value is -8.78. The van der Waals surface area contributed by atoms with E-state index in [2.05, 4.69) is 31.6 Å². The number of carbonyl (C=O) groups is 7. The molecule has 3 fully saturated rings. The van der Waals surface area contributed by atoms with E-state index in [-0.39, 0.29) is 257 Å². The third kappa shape index (κ3) is 43.1. The number of aromatic hydroxyl groups is 1. The first-order valence-corrected chi connectivity index (χ1v) is 44.7. The molecule has 0 aliphatic carbocycles. The van der Waals surface area contributed by atoms with Crippen molar-refractivity contribution < 1.29 is 203 Å². The van der Waals surface area contributed by atoms with Gasteiger partial charge in [0.2, 0.25) is 23.6 Å². The van der Waals surface area contributed by atoms with Gasteiger partial charge in [0.05, 0.1) is 264 Å². The van der Waals surface area contributed by atoms with Gasteiger partial charge < -0.3 is 163 Å². The zero-order valence-corrected chi connectivity index (χ0v) is 76.7. The molecule has 3 aliphatic heterocycles. The smallest absolute Gasteiger partial charge is 0.471 e. The molecule has 2 aromatic heterocycles. The van der Waals surface area contributed by atoms with E-state index in [1.807, 2.05) is 0 Å². The number of aliphatic hydroxyl groups is 6. The zero-order chi connectivity index (χ0) is 101. The average Bonchev–Trinajstić information content (AvgIpc) is 1.19. The molecule has 0 saturated carbocycles. The Labute approximate surface area is 791 Å². The molecule has 139 heavy (non-hydrogen) atoms. The van der Waals surface area contributed by atoms with E-state index in [1.165, 1.54) is 37.6 Å². The van der Waals surface area contributed by atoms with Crippen LogP contribution < -0.4 is 42.0 Å². The molecule has 3 aliphatic rings. The highest BCUT2D eigenvalue weighted by Gasteiger charge is 2.51. The van der Waals surface area contributed by atoms with Crippen LogP contribution in [0.25, 0.3) is 28.0 Å². The van der Waals surface area contributed by atoms with Gasteiger partial charge in [0.25, 0.3) is 0 Å². The fourth-order valence-corrected chi connectivity index (χ4v) is 13.6. The fraction of sp³-hybridized carbons (Fsp3) is 0.718. The van der Waals surface area contributed by atoms with Crippen LogP contribution in [0.15, 0.2) is 54.7 Å². The number of alkyl halides is 9. The Morgan fingerprint density at radius 1 is 0.396 bits per heavy atom. The largest absolute Gasteiger partial charge is 0.505 e. The lowest BCUT2D eigenvalue weighted by Gasteiger charge is -2.41. The van der Waals surface area contributed by atoms with Crippen LogP contribution in [0.3, 0.4) is 0 Å². The fourth-order valence-electron chi connectivity index (χ4n) is 13.6. The maximum absolute atomic E-state index is 14.2. The van der Waals surface area contributed by atoms with Gasteiger partial charge in [-0.3, -0.25) is 33.6 Å². The molecule has 3 saturated heterocycles. The zero-order valence-electron chi connectivity index (χ0n) is 76.7. The van der Waals surface area contributed by atoms with Gasteiger partial charge in [-0.1, -0.05) is 11.3 Å². The molecule has 7 amide bonds. The highest BCUT2D eigenvalue weighted by atomic mass is 19.4.